The average Bonchev–Trinajstić information content (AvgIpc) is 2.96. The van der Waals surface area contributed by atoms with E-state index in [1.54, 1.807) is 11.6 Å². The largest absolute Gasteiger partial charge is 0.495 e. The molecule has 0 amide bonds. The average molecular weight is 337 g/mol. The predicted molar refractivity (Wildman–Crippen MR) is 86.2 cm³/mol. The van der Waals surface area contributed by atoms with E-state index in [1.807, 2.05) is 36.5 Å². The number of aryl methyl sites for hydroxylation is 1. The van der Waals surface area contributed by atoms with E-state index >= 15 is 0 Å². The SMILES string of the molecule is CCO[Si](O)(O)CCCn1cc(COCc2ccccc2)nn1. The molecule has 126 valence electrons. The molecule has 0 atom stereocenters. The Morgan fingerprint density at radius 3 is 2.70 bits per heavy atom. The maximum absolute atomic E-state index is 9.63. The highest BCUT2D eigenvalue weighted by Gasteiger charge is 2.30. The van der Waals surface area contributed by atoms with Crippen LogP contribution in [0.2, 0.25) is 6.04 Å². The van der Waals surface area contributed by atoms with Crippen LogP contribution in [0, 0.1) is 0 Å². The lowest BCUT2D eigenvalue weighted by atomic mass is 10.2. The summed E-state index contributed by atoms with van der Waals surface area (Å²) < 4.78 is 12.2. The molecule has 2 rings (SSSR count). The first-order valence-electron chi connectivity index (χ1n) is 7.68. The molecule has 7 nitrogen and oxygen atoms in total. The number of rotatable bonds is 10. The van der Waals surface area contributed by atoms with Crippen LogP contribution in [0.5, 0.6) is 0 Å². The number of nitrogens with zero attached hydrogens (tertiary/aromatic N) is 3. The lowest BCUT2D eigenvalue weighted by molar-refractivity contribution is 0.104. The zero-order chi connectivity index (χ0) is 16.5. The van der Waals surface area contributed by atoms with Gasteiger partial charge in [0.05, 0.1) is 19.4 Å². The molecular weight excluding hydrogens is 314 g/mol. The van der Waals surface area contributed by atoms with Gasteiger partial charge in [0.1, 0.15) is 5.69 Å². The number of hydrogen-bond acceptors (Lipinski definition) is 6. The Balaban J connectivity index is 1.69. The van der Waals surface area contributed by atoms with Gasteiger partial charge < -0.3 is 18.8 Å². The van der Waals surface area contributed by atoms with Crippen LogP contribution < -0.4 is 0 Å². The zero-order valence-corrected chi connectivity index (χ0v) is 14.3. The molecule has 0 fully saturated rings. The van der Waals surface area contributed by atoms with Crippen LogP contribution in [0.4, 0.5) is 0 Å². The van der Waals surface area contributed by atoms with E-state index in [2.05, 4.69) is 10.3 Å². The van der Waals surface area contributed by atoms with Crippen molar-refractivity contribution in [2.24, 2.45) is 0 Å². The highest BCUT2D eigenvalue weighted by molar-refractivity contribution is 6.57. The second kappa shape index (κ2) is 8.90. The van der Waals surface area contributed by atoms with Gasteiger partial charge in [0.15, 0.2) is 0 Å². The van der Waals surface area contributed by atoms with Gasteiger partial charge in [-0.1, -0.05) is 35.5 Å². The van der Waals surface area contributed by atoms with E-state index in [-0.39, 0.29) is 6.04 Å². The van der Waals surface area contributed by atoms with Gasteiger partial charge in [-0.15, -0.1) is 5.10 Å². The van der Waals surface area contributed by atoms with Gasteiger partial charge in [-0.05, 0) is 18.9 Å². The van der Waals surface area contributed by atoms with Crippen LogP contribution >= 0.6 is 0 Å². The predicted octanol–water partition coefficient (Wildman–Crippen LogP) is 1.35. The van der Waals surface area contributed by atoms with Gasteiger partial charge in [0.2, 0.25) is 0 Å². The Morgan fingerprint density at radius 2 is 1.96 bits per heavy atom. The van der Waals surface area contributed by atoms with Crippen LogP contribution in [0.15, 0.2) is 36.5 Å². The van der Waals surface area contributed by atoms with E-state index in [4.69, 9.17) is 9.16 Å². The molecule has 0 unspecified atom stereocenters. The van der Waals surface area contributed by atoms with Gasteiger partial charge in [0.25, 0.3) is 0 Å². The first-order chi connectivity index (χ1) is 11.1. The summed E-state index contributed by atoms with van der Waals surface area (Å²) in [6.45, 7) is 3.55. The minimum atomic E-state index is -3.50. The highest BCUT2D eigenvalue weighted by atomic mass is 28.4. The van der Waals surface area contributed by atoms with Crippen molar-refractivity contribution in [3.63, 3.8) is 0 Å². The third kappa shape index (κ3) is 6.59. The molecule has 23 heavy (non-hydrogen) atoms. The van der Waals surface area contributed by atoms with E-state index < -0.39 is 8.80 Å². The molecule has 2 aromatic rings. The summed E-state index contributed by atoms with van der Waals surface area (Å²) in [4.78, 5) is 19.3. The van der Waals surface area contributed by atoms with Gasteiger partial charge >= 0.3 is 8.80 Å². The third-order valence-corrected chi connectivity index (χ3v) is 4.97. The minimum absolute atomic E-state index is 0.251. The number of hydrogen-bond donors (Lipinski definition) is 2. The van der Waals surface area contributed by atoms with Crippen molar-refractivity contribution in [1.29, 1.82) is 0 Å². The topological polar surface area (TPSA) is 89.6 Å². The second-order valence-corrected chi connectivity index (χ2v) is 7.51. The molecule has 0 saturated heterocycles. The molecule has 8 heteroatoms. The van der Waals surface area contributed by atoms with Crippen LogP contribution in [0.25, 0.3) is 0 Å². The Morgan fingerprint density at radius 1 is 1.17 bits per heavy atom. The summed E-state index contributed by atoms with van der Waals surface area (Å²) in [5.74, 6) is 0. The van der Waals surface area contributed by atoms with E-state index in [0.717, 1.165) is 11.3 Å². The molecule has 0 aliphatic heterocycles. The minimum Gasteiger partial charge on any atom is -0.390 e. The molecular formula is C15H23N3O4Si. The lowest BCUT2D eigenvalue weighted by Gasteiger charge is -2.15. The fourth-order valence-electron chi connectivity index (χ4n) is 2.14. The zero-order valence-electron chi connectivity index (χ0n) is 13.3. The summed E-state index contributed by atoms with van der Waals surface area (Å²) in [7, 11) is -3.50. The van der Waals surface area contributed by atoms with Crippen molar-refractivity contribution in [2.75, 3.05) is 6.61 Å². The van der Waals surface area contributed by atoms with Crippen molar-refractivity contribution in [2.45, 2.75) is 39.1 Å². The number of aromatic nitrogens is 3. The van der Waals surface area contributed by atoms with Crippen molar-refractivity contribution in [3.8, 4) is 0 Å². The Labute approximate surface area is 136 Å². The summed E-state index contributed by atoms with van der Waals surface area (Å²) in [5, 5.41) is 8.05. The number of ether oxygens (including phenoxy) is 1. The third-order valence-electron chi connectivity index (χ3n) is 3.21. The van der Waals surface area contributed by atoms with Crippen LogP contribution in [0.3, 0.4) is 0 Å². The molecule has 1 heterocycles. The normalized spacial score (nSPS) is 11.8. The summed E-state index contributed by atoms with van der Waals surface area (Å²) in [6, 6.07) is 10.2. The first-order valence-corrected chi connectivity index (χ1v) is 9.69. The fourth-order valence-corrected chi connectivity index (χ4v) is 3.36. The van der Waals surface area contributed by atoms with Gasteiger partial charge in [-0.3, -0.25) is 4.68 Å². The smallest absolute Gasteiger partial charge is 0.390 e. The quantitative estimate of drug-likeness (QED) is 0.636. The van der Waals surface area contributed by atoms with E-state index in [0.29, 0.717) is 32.8 Å². The molecule has 0 bridgehead atoms. The summed E-state index contributed by atoms with van der Waals surface area (Å²) >= 11 is 0. The second-order valence-electron chi connectivity index (χ2n) is 5.23. The Bertz CT molecular complexity index is 577. The Hall–Kier alpha value is -1.58. The molecule has 0 aliphatic carbocycles. The molecule has 2 N–H and O–H groups in total. The van der Waals surface area contributed by atoms with Gasteiger partial charge in [-0.2, -0.15) is 0 Å². The molecule has 0 aliphatic rings. The maximum atomic E-state index is 9.63. The number of benzene rings is 1. The first kappa shape index (κ1) is 17.8. The van der Waals surface area contributed by atoms with E-state index in [9.17, 15) is 9.59 Å². The molecule has 0 radical (unpaired) electrons. The molecule has 1 aromatic carbocycles. The maximum Gasteiger partial charge on any atom is 0.495 e. The molecule has 1 aromatic heterocycles. The molecule has 0 spiro atoms. The van der Waals surface area contributed by atoms with Gasteiger partial charge in [-0.25, -0.2) is 0 Å². The van der Waals surface area contributed by atoms with Crippen molar-refractivity contribution >= 4 is 8.80 Å². The van der Waals surface area contributed by atoms with Crippen molar-refractivity contribution in [1.82, 2.24) is 15.0 Å². The standard InChI is InChI=1S/C15H23N3O4Si/c1-2-22-23(19,20)10-6-9-18-11-15(16-17-18)13-21-12-14-7-4-3-5-8-14/h3-5,7-8,11,19-20H,2,6,9-10,12-13H2,1H3. The fraction of sp³-hybridized carbons (Fsp3) is 0.467. The molecule has 0 saturated carbocycles. The van der Waals surface area contributed by atoms with Crippen LogP contribution in [-0.2, 0) is 28.9 Å². The Kier molecular flexibility index (Phi) is 6.87. The van der Waals surface area contributed by atoms with E-state index in [1.165, 1.54) is 0 Å². The van der Waals surface area contributed by atoms with Crippen molar-refractivity contribution in [3.05, 3.63) is 47.8 Å². The summed E-state index contributed by atoms with van der Waals surface area (Å²) in [5.41, 5.74) is 1.87. The monoisotopic (exact) mass is 337 g/mol. The van der Waals surface area contributed by atoms with Crippen LogP contribution in [-0.4, -0.2) is 40.0 Å². The van der Waals surface area contributed by atoms with Crippen LogP contribution in [0.1, 0.15) is 24.6 Å². The lowest BCUT2D eigenvalue weighted by Crippen LogP contribution is -2.38. The highest BCUT2D eigenvalue weighted by Crippen LogP contribution is 2.09. The summed E-state index contributed by atoms with van der Waals surface area (Å²) in [6.07, 6.45) is 2.39. The van der Waals surface area contributed by atoms with Crippen molar-refractivity contribution < 1.29 is 18.8 Å². The van der Waals surface area contributed by atoms with Gasteiger partial charge in [0, 0.05) is 19.2 Å².